The molecule has 0 aliphatic carbocycles. The van der Waals surface area contributed by atoms with Crippen LogP contribution in [0.3, 0.4) is 0 Å². The Hall–Kier alpha value is -3.48. The van der Waals surface area contributed by atoms with Gasteiger partial charge in [0.25, 0.3) is 0 Å². The minimum Gasteiger partial charge on any atom is -0.497 e. The first-order valence-corrected chi connectivity index (χ1v) is 9.51. The number of rotatable bonds is 6. The van der Waals surface area contributed by atoms with Crippen molar-refractivity contribution in [2.45, 2.75) is 13.0 Å². The molecule has 1 saturated heterocycles. The first kappa shape index (κ1) is 18.9. The molecule has 1 unspecified atom stereocenters. The number of hydrogen-bond donors (Lipinski definition) is 1. The average Bonchev–Trinajstić information content (AvgIpc) is 3.43. The van der Waals surface area contributed by atoms with E-state index in [9.17, 15) is 4.79 Å². The quantitative estimate of drug-likeness (QED) is 0.686. The van der Waals surface area contributed by atoms with Gasteiger partial charge in [0.05, 0.1) is 26.5 Å². The van der Waals surface area contributed by atoms with Gasteiger partial charge in [-0.2, -0.15) is 5.10 Å². The lowest BCUT2D eigenvalue weighted by molar-refractivity contribution is 0.205. The zero-order valence-corrected chi connectivity index (χ0v) is 16.8. The van der Waals surface area contributed by atoms with Crippen LogP contribution in [0.4, 0.5) is 10.5 Å². The van der Waals surface area contributed by atoms with E-state index >= 15 is 0 Å². The maximum Gasteiger partial charge on any atom is 0.325 e. The number of methoxy groups -OCH3 is 2. The highest BCUT2D eigenvalue weighted by atomic mass is 16.5. The first-order chi connectivity index (χ1) is 14.1. The van der Waals surface area contributed by atoms with E-state index in [1.165, 1.54) is 0 Å². The number of amides is 2. The molecule has 0 bridgehead atoms. The zero-order chi connectivity index (χ0) is 20.4. The predicted molar refractivity (Wildman–Crippen MR) is 111 cm³/mol. The highest BCUT2D eigenvalue weighted by molar-refractivity contribution is 5.95. The van der Waals surface area contributed by atoms with Crippen molar-refractivity contribution in [2.75, 3.05) is 32.2 Å². The second-order valence-electron chi connectivity index (χ2n) is 6.95. The van der Waals surface area contributed by atoms with E-state index in [2.05, 4.69) is 10.2 Å². The Morgan fingerprint density at radius 1 is 1.10 bits per heavy atom. The number of aromatic nitrogens is 2. The summed E-state index contributed by atoms with van der Waals surface area (Å²) in [7, 11) is 3.28. The van der Waals surface area contributed by atoms with E-state index < -0.39 is 0 Å². The van der Waals surface area contributed by atoms with E-state index in [-0.39, 0.29) is 12.1 Å². The summed E-state index contributed by atoms with van der Waals surface area (Å²) in [6.07, 6.45) is 3.56. The number of carbonyl (C=O) groups excluding carboxylic acids is 1. The number of H-pyrrole nitrogens is 1. The van der Waals surface area contributed by atoms with Crippen molar-refractivity contribution >= 4 is 11.7 Å². The maximum absolute atomic E-state index is 13.2. The number of aromatic amines is 1. The van der Waals surface area contributed by atoms with Gasteiger partial charge in [0.2, 0.25) is 0 Å². The van der Waals surface area contributed by atoms with Gasteiger partial charge in [0.15, 0.2) is 0 Å². The molecule has 2 aromatic carbocycles. The number of nitrogens with zero attached hydrogens (tertiary/aromatic N) is 3. The van der Waals surface area contributed by atoms with Gasteiger partial charge in [-0.15, -0.1) is 0 Å². The van der Waals surface area contributed by atoms with Crippen molar-refractivity contribution in [3.63, 3.8) is 0 Å². The van der Waals surface area contributed by atoms with Crippen molar-refractivity contribution in [2.24, 2.45) is 0 Å². The molecule has 0 spiro atoms. The fourth-order valence-electron chi connectivity index (χ4n) is 3.72. The molecule has 2 heterocycles. The van der Waals surface area contributed by atoms with Crippen LogP contribution >= 0.6 is 0 Å². The monoisotopic (exact) mass is 392 g/mol. The molecule has 1 atom stereocenters. The predicted octanol–water partition coefficient (Wildman–Crippen LogP) is 4.10. The number of anilines is 1. The largest absolute Gasteiger partial charge is 0.497 e. The summed E-state index contributed by atoms with van der Waals surface area (Å²) < 4.78 is 10.9. The molecule has 0 saturated carbocycles. The van der Waals surface area contributed by atoms with Gasteiger partial charge < -0.3 is 14.4 Å². The van der Waals surface area contributed by atoms with Crippen LogP contribution in [0.1, 0.15) is 18.5 Å². The lowest BCUT2D eigenvalue weighted by atomic mass is 10.1. The van der Waals surface area contributed by atoms with Crippen molar-refractivity contribution in [3.8, 4) is 22.6 Å². The van der Waals surface area contributed by atoms with Crippen molar-refractivity contribution in [1.82, 2.24) is 15.1 Å². The SMILES string of the molecule is COc1cccc(C(C)N2CCN(c3ccc(-c4cn[nH]c4)c(OC)c3)C2=O)c1. The summed E-state index contributed by atoms with van der Waals surface area (Å²) in [4.78, 5) is 16.8. The first-order valence-electron chi connectivity index (χ1n) is 9.51. The third-order valence-corrected chi connectivity index (χ3v) is 5.39. The summed E-state index contributed by atoms with van der Waals surface area (Å²) in [6.45, 7) is 3.32. The van der Waals surface area contributed by atoms with Crippen molar-refractivity contribution < 1.29 is 14.3 Å². The van der Waals surface area contributed by atoms with Gasteiger partial charge in [-0.05, 0) is 36.8 Å². The standard InChI is InChI=1S/C22H24N4O3/c1-15(16-5-4-6-19(11-16)28-2)25-9-10-26(22(25)27)18-7-8-20(21(12-18)29-3)17-13-23-24-14-17/h4-8,11-15H,9-10H2,1-3H3,(H,23,24). The van der Waals surface area contributed by atoms with Crippen LogP contribution in [-0.4, -0.2) is 48.4 Å². The number of nitrogens with one attached hydrogen (secondary N) is 1. The van der Waals surface area contributed by atoms with Crippen LogP contribution < -0.4 is 14.4 Å². The van der Waals surface area contributed by atoms with Crippen LogP contribution in [0.25, 0.3) is 11.1 Å². The van der Waals surface area contributed by atoms with Crippen LogP contribution in [0.15, 0.2) is 54.9 Å². The van der Waals surface area contributed by atoms with E-state index in [4.69, 9.17) is 9.47 Å². The average molecular weight is 392 g/mol. The van der Waals surface area contributed by atoms with Crippen molar-refractivity contribution in [3.05, 3.63) is 60.4 Å². The fourth-order valence-corrected chi connectivity index (χ4v) is 3.72. The Morgan fingerprint density at radius 2 is 1.97 bits per heavy atom. The van der Waals surface area contributed by atoms with E-state index in [1.807, 2.05) is 60.5 Å². The lowest BCUT2D eigenvalue weighted by Gasteiger charge is -2.25. The Balaban J connectivity index is 1.57. The third kappa shape index (κ3) is 3.51. The number of urea groups is 1. The highest BCUT2D eigenvalue weighted by Gasteiger charge is 2.33. The summed E-state index contributed by atoms with van der Waals surface area (Å²) in [5.74, 6) is 1.49. The van der Waals surface area contributed by atoms with Gasteiger partial charge in [0, 0.05) is 42.2 Å². The van der Waals surface area contributed by atoms with Gasteiger partial charge in [0.1, 0.15) is 11.5 Å². The molecule has 3 aromatic rings. The molecule has 4 rings (SSSR count). The molecule has 1 aliphatic heterocycles. The number of ether oxygens (including phenoxy) is 2. The minimum atomic E-state index is -0.0466. The van der Waals surface area contributed by atoms with Gasteiger partial charge in [-0.1, -0.05) is 12.1 Å². The zero-order valence-electron chi connectivity index (χ0n) is 16.8. The Kier molecular flexibility index (Phi) is 5.12. The molecule has 2 amide bonds. The number of carbonyl (C=O) groups is 1. The molecular formula is C22H24N4O3. The summed E-state index contributed by atoms with van der Waals surface area (Å²) in [5, 5.41) is 6.81. The molecule has 7 nitrogen and oxygen atoms in total. The maximum atomic E-state index is 13.2. The second kappa shape index (κ2) is 7.87. The van der Waals surface area contributed by atoms with Crippen LogP contribution in [0, 0.1) is 0 Å². The van der Waals surface area contributed by atoms with E-state index in [0.29, 0.717) is 18.8 Å². The highest BCUT2D eigenvalue weighted by Crippen LogP contribution is 2.35. The number of benzene rings is 2. The van der Waals surface area contributed by atoms with Crippen LogP contribution in [0.5, 0.6) is 11.5 Å². The topological polar surface area (TPSA) is 70.7 Å². The van der Waals surface area contributed by atoms with Crippen LogP contribution in [-0.2, 0) is 0 Å². The van der Waals surface area contributed by atoms with E-state index in [1.54, 1.807) is 25.3 Å². The summed E-state index contributed by atoms with van der Waals surface area (Å²) in [6, 6.07) is 13.6. The Morgan fingerprint density at radius 3 is 2.69 bits per heavy atom. The molecular weight excluding hydrogens is 368 g/mol. The normalized spacial score (nSPS) is 14.9. The number of hydrogen-bond acceptors (Lipinski definition) is 4. The third-order valence-electron chi connectivity index (χ3n) is 5.39. The van der Waals surface area contributed by atoms with Crippen LogP contribution in [0.2, 0.25) is 0 Å². The van der Waals surface area contributed by atoms with E-state index in [0.717, 1.165) is 28.1 Å². The molecule has 0 radical (unpaired) electrons. The molecule has 1 aliphatic rings. The second-order valence-corrected chi connectivity index (χ2v) is 6.95. The van der Waals surface area contributed by atoms with Gasteiger partial charge >= 0.3 is 6.03 Å². The van der Waals surface area contributed by atoms with Gasteiger partial charge in [-0.3, -0.25) is 10.00 Å². The van der Waals surface area contributed by atoms with Crippen molar-refractivity contribution in [1.29, 1.82) is 0 Å². The Bertz CT molecular complexity index is 1000. The minimum absolute atomic E-state index is 0.0153. The summed E-state index contributed by atoms with van der Waals surface area (Å²) in [5.41, 5.74) is 3.74. The molecule has 1 N–H and O–H groups in total. The fraction of sp³-hybridized carbons (Fsp3) is 0.273. The van der Waals surface area contributed by atoms with Gasteiger partial charge in [-0.25, -0.2) is 4.79 Å². The molecule has 150 valence electrons. The Labute approximate surface area is 169 Å². The molecule has 1 fully saturated rings. The molecule has 7 heteroatoms. The molecule has 1 aromatic heterocycles. The smallest absolute Gasteiger partial charge is 0.325 e. The lowest BCUT2D eigenvalue weighted by Crippen LogP contribution is -2.33. The summed E-state index contributed by atoms with van der Waals surface area (Å²) >= 11 is 0. The molecule has 29 heavy (non-hydrogen) atoms.